The van der Waals surface area contributed by atoms with Crippen LogP contribution >= 0.6 is 0 Å². The molecule has 2 aromatic rings. The maximum absolute atomic E-state index is 10.5. The maximum atomic E-state index is 10.5. The Morgan fingerprint density at radius 1 is 1.00 bits per heavy atom. The van der Waals surface area contributed by atoms with Crippen LogP contribution in [0.15, 0.2) is 0 Å². The maximum Gasteiger partial charge on any atom is 0.236 e. The van der Waals surface area contributed by atoms with Crippen LogP contribution in [0.1, 0.15) is 40.2 Å². The van der Waals surface area contributed by atoms with Gasteiger partial charge in [-0.1, -0.05) is 0 Å². The van der Waals surface area contributed by atoms with Gasteiger partial charge in [-0.3, -0.25) is 0 Å². The van der Waals surface area contributed by atoms with Crippen LogP contribution in [-0.2, 0) is 0 Å². The number of nitrogens with zero attached hydrogens (tertiary/aromatic N) is 1. The number of H-pyrrole nitrogens is 1. The molecule has 2 heterocycles. The molecule has 1 saturated heterocycles. The van der Waals surface area contributed by atoms with Crippen molar-refractivity contribution < 1.29 is 20.4 Å². The number of rotatable bonds is 1. The number of hydrogen-bond acceptors (Lipinski definition) is 5. The summed E-state index contributed by atoms with van der Waals surface area (Å²) in [5.41, 5.74) is 5.94. The summed E-state index contributed by atoms with van der Waals surface area (Å²) in [5, 5.41) is 41.9. The van der Waals surface area contributed by atoms with Crippen molar-refractivity contribution in [2.24, 2.45) is 0 Å². The van der Waals surface area contributed by atoms with Crippen LogP contribution in [0.25, 0.3) is 10.9 Å². The Morgan fingerprint density at radius 2 is 1.54 bits per heavy atom. The van der Waals surface area contributed by atoms with Gasteiger partial charge in [0, 0.05) is 17.3 Å². The highest BCUT2D eigenvalue weighted by molar-refractivity contribution is 6.34. The second kappa shape index (κ2) is 5.06. The largest absolute Gasteiger partial charge is 0.368 e. The lowest BCUT2D eigenvalue weighted by Gasteiger charge is -2.32. The predicted octanol–water partition coefficient (Wildman–Crippen LogP) is -0.109. The average molecular weight is 330 g/mol. The van der Waals surface area contributed by atoms with Gasteiger partial charge < -0.3 is 25.4 Å². The summed E-state index contributed by atoms with van der Waals surface area (Å²) in [6.07, 6.45) is -0.265. The fourth-order valence-corrected chi connectivity index (χ4v) is 3.84. The van der Waals surface area contributed by atoms with Gasteiger partial charge in [0.2, 0.25) is 11.8 Å². The zero-order valence-corrected chi connectivity index (χ0v) is 14.6. The minimum atomic E-state index is -2.42. The normalized spacial score (nSPS) is 23.3. The van der Waals surface area contributed by atoms with Crippen molar-refractivity contribution in [1.82, 2.24) is 9.88 Å². The van der Waals surface area contributed by atoms with Crippen molar-refractivity contribution in [3.05, 3.63) is 27.8 Å². The number of aryl methyl sites for hydroxylation is 2. The molecule has 128 valence electrons. The van der Waals surface area contributed by atoms with Crippen molar-refractivity contribution in [2.75, 3.05) is 7.05 Å². The number of aromatic amines is 1. The van der Waals surface area contributed by atoms with E-state index in [1.54, 1.807) is 0 Å². The Bertz CT molecular complexity index is 841. The Kier molecular flexibility index (Phi) is 3.68. The van der Waals surface area contributed by atoms with Crippen LogP contribution in [0.4, 0.5) is 0 Å². The van der Waals surface area contributed by atoms with Crippen LogP contribution < -0.4 is 5.59 Å². The van der Waals surface area contributed by atoms with Gasteiger partial charge in [0.15, 0.2) is 0 Å². The van der Waals surface area contributed by atoms with Gasteiger partial charge in [0.05, 0.1) is 5.92 Å². The number of aromatic nitrogens is 1. The SMILES string of the molecule is [B]c1[nH]c2c(C)c(C)c(C)c(C)c2c1C1CC(O)(O)N(C)C1(O)O. The van der Waals surface area contributed by atoms with Crippen LogP contribution in [0.3, 0.4) is 0 Å². The van der Waals surface area contributed by atoms with Gasteiger partial charge in [0.25, 0.3) is 0 Å². The fourth-order valence-electron chi connectivity index (χ4n) is 3.84. The molecule has 5 N–H and O–H groups in total. The number of aliphatic hydroxyl groups is 4. The van der Waals surface area contributed by atoms with Crippen LogP contribution in [0.2, 0.25) is 0 Å². The molecule has 0 spiro atoms. The first-order valence-corrected chi connectivity index (χ1v) is 7.92. The van der Waals surface area contributed by atoms with Crippen LogP contribution in [0, 0.1) is 27.7 Å². The minimum Gasteiger partial charge on any atom is -0.368 e. The van der Waals surface area contributed by atoms with E-state index >= 15 is 0 Å². The zero-order chi connectivity index (χ0) is 18.2. The number of likely N-dealkylation sites (tertiary alicyclic amines) is 1. The first kappa shape index (κ1) is 17.4. The van der Waals surface area contributed by atoms with E-state index in [2.05, 4.69) is 4.98 Å². The lowest BCUT2D eigenvalue weighted by molar-refractivity contribution is -0.336. The van der Waals surface area contributed by atoms with Gasteiger partial charge >= 0.3 is 0 Å². The summed E-state index contributed by atoms with van der Waals surface area (Å²) in [5.74, 6) is -5.72. The average Bonchev–Trinajstić information content (AvgIpc) is 2.91. The molecule has 0 bridgehead atoms. The van der Waals surface area contributed by atoms with Crippen LogP contribution in [-0.4, -0.2) is 57.0 Å². The van der Waals surface area contributed by atoms with Crippen molar-refractivity contribution in [3.63, 3.8) is 0 Å². The van der Waals surface area contributed by atoms with Crippen molar-refractivity contribution >= 4 is 24.3 Å². The molecule has 1 atom stereocenters. The van der Waals surface area contributed by atoms with E-state index < -0.39 is 17.7 Å². The third-order valence-corrected chi connectivity index (χ3v) is 5.83. The molecule has 6 nitrogen and oxygen atoms in total. The highest BCUT2D eigenvalue weighted by Crippen LogP contribution is 2.47. The van der Waals surface area contributed by atoms with E-state index in [4.69, 9.17) is 7.85 Å². The van der Waals surface area contributed by atoms with Crippen molar-refractivity contribution in [3.8, 4) is 0 Å². The highest BCUT2D eigenvalue weighted by atomic mass is 16.6. The summed E-state index contributed by atoms with van der Waals surface area (Å²) < 4.78 is 0. The van der Waals surface area contributed by atoms with Gasteiger partial charge in [-0.2, -0.15) is 0 Å². The molecule has 0 amide bonds. The van der Waals surface area contributed by atoms with E-state index in [0.29, 0.717) is 11.2 Å². The molecule has 1 aliphatic heterocycles. The predicted molar refractivity (Wildman–Crippen MR) is 92.1 cm³/mol. The molecule has 0 aliphatic carbocycles. The van der Waals surface area contributed by atoms with E-state index in [9.17, 15) is 20.4 Å². The number of hydrogen-bond donors (Lipinski definition) is 5. The molecule has 1 aliphatic rings. The molecule has 1 unspecified atom stereocenters. The third kappa shape index (κ3) is 2.09. The molecule has 3 rings (SSSR count). The van der Waals surface area contributed by atoms with Gasteiger partial charge in [-0.15, -0.1) is 0 Å². The topological polar surface area (TPSA) is 100.0 Å². The van der Waals surface area contributed by atoms with Crippen molar-refractivity contribution in [2.45, 2.75) is 51.9 Å². The van der Waals surface area contributed by atoms with Gasteiger partial charge in [-0.05, 0) is 68.2 Å². The van der Waals surface area contributed by atoms with E-state index in [1.165, 1.54) is 7.05 Å². The molecular weight excluding hydrogens is 307 g/mol. The first-order valence-electron chi connectivity index (χ1n) is 7.92. The molecule has 24 heavy (non-hydrogen) atoms. The summed E-state index contributed by atoms with van der Waals surface area (Å²) in [4.78, 5) is 3.88. The molecule has 7 heteroatoms. The van der Waals surface area contributed by atoms with E-state index in [1.807, 2.05) is 27.7 Å². The Morgan fingerprint density at radius 3 is 2.04 bits per heavy atom. The first-order chi connectivity index (χ1) is 10.9. The summed E-state index contributed by atoms with van der Waals surface area (Å²) in [6, 6.07) is 0. The molecule has 1 fully saturated rings. The Balaban J connectivity index is 2.34. The Hall–Kier alpha value is -1.38. The third-order valence-electron chi connectivity index (χ3n) is 5.83. The van der Waals surface area contributed by atoms with E-state index in [0.717, 1.165) is 38.1 Å². The monoisotopic (exact) mass is 330 g/mol. The molecule has 1 aromatic carbocycles. The van der Waals surface area contributed by atoms with Gasteiger partial charge in [0.1, 0.15) is 7.85 Å². The summed E-state index contributed by atoms with van der Waals surface area (Å²) in [7, 11) is 7.42. The molecule has 2 radical (unpaired) electrons. The number of benzene rings is 1. The Labute approximate surface area is 142 Å². The highest BCUT2D eigenvalue weighted by Gasteiger charge is 2.58. The molecular formula is C17H23BN2O4. The quantitative estimate of drug-likeness (QED) is 0.371. The van der Waals surface area contributed by atoms with E-state index in [-0.39, 0.29) is 6.42 Å². The second-order valence-electron chi connectivity index (χ2n) is 6.98. The lowest BCUT2D eigenvalue weighted by atomic mass is 9.83. The zero-order valence-electron chi connectivity index (χ0n) is 14.6. The smallest absolute Gasteiger partial charge is 0.236 e. The molecule has 0 saturated carbocycles. The summed E-state index contributed by atoms with van der Waals surface area (Å²) >= 11 is 0. The lowest BCUT2D eigenvalue weighted by Crippen LogP contribution is -2.53. The van der Waals surface area contributed by atoms with Gasteiger partial charge in [-0.25, -0.2) is 4.90 Å². The summed E-state index contributed by atoms with van der Waals surface area (Å²) in [6.45, 7) is 7.99. The fraction of sp³-hybridized carbons (Fsp3) is 0.529. The van der Waals surface area contributed by atoms with Crippen molar-refractivity contribution in [1.29, 1.82) is 0 Å². The van der Waals surface area contributed by atoms with Crippen LogP contribution in [0.5, 0.6) is 0 Å². The minimum absolute atomic E-state index is 0.265. The number of fused-ring (bicyclic) bond motifs is 1. The molecule has 1 aromatic heterocycles. The second-order valence-corrected chi connectivity index (χ2v) is 6.98. The standard InChI is InChI=1S/C17H23BN2O4/c1-7-8(2)10(4)14-12(9(7)3)13(15(18)19-14)11-6-16(21,22)20(5)17(11,23)24/h11,19,21-24H,6H2,1-5H3. The number of likely N-dealkylation sites (N-methyl/N-ethyl adjacent to an activating group) is 1. The number of nitrogens with one attached hydrogen (secondary N) is 1.